The van der Waals surface area contributed by atoms with Gasteiger partial charge in [0.05, 0.1) is 30.8 Å². The minimum atomic E-state index is -1.55. The van der Waals surface area contributed by atoms with E-state index in [4.69, 9.17) is 16.3 Å². The third-order valence-corrected chi connectivity index (χ3v) is 6.28. The van der Waals surface area contributed by atoms with E-state index in [1.54, 1.807) is 71.7 Å². The van der Waals surface area contributed by atoms with Crippen molar-refractivity contribution in [2.45, 2.75) is 5.60 Å². The minimum absolute atomic E-state index is 0.359. The Morgan fingerprint density at radius 2 is 1.71 bits per heavy atom. The molecule has 5 aromatic rings. The summed E-state index contributed by atoms with van der Waals surface area (Å²) in [7, 11) is 3.34. The Kier molecular flexibility index (Phi) is 5.55. The van der Waals surface area contributed by atoms with Crippen LogP contribution in [0, 0.1) is 5.82 Å². The highest BCUT2D eigenvalue weighted by Gasteiger charge is 2.37. The van der Waals surface area contributed by atoms with Crippen LogP contribution in [0.4, 0.5) is 4.39 Å². The number of nitrogens with zero attached hydrogens (tertiary/aromatic N) is 3. The maximum Gasteiger partial charge on any atom is 0.214 e. The van der Waals surface area contributed by atoms with Crippen molar-refractivity contribution in [3.05, 3.63) is 113 Å². The Morgan fingerprint density at radius 1 is 0.971 bits per heavy atom. The van der Waals surface area contributed by atoms with Gasteiger partial charge in [-0.2, -0.15) is 0 Å². The highest BCUT2D eigenvalue weighted by Crippen LogP contribution is 2.40. The Bertz CT molecular complexity index is 1500. The van der Waals surface area contributed by atoms with E-state index in [1.165, 1.54) is 13.2 Å². The molecule has 1 unspecified atom stereocenters. The first kappa shape index (κ1) is 22.1. The van der Waals surface area contributed by atoms with E-state index in [-0.39, 0.29) is 5.82 Å². The first-order valence-corrected chi connectivity index (χ1v) is 11.0. The van der Waals surface area contributed by atoms with Crippen molar-refractivity contribution in [1.82, 2.24) is 14.5 Å². The second kappa shape index (κ2) is 8.56. The van der Waals surface area contributed by atoms with Crippen LogP contribution in [0.25, 0.3) is 22.0 Å². The first-order chi connectivity index (χ1) is 16.4. The van der Waals surface area contributed by atoms with Crippen molar-refractivity contribution in [2.75, 3.05) is 7.11 Å². The van der Waals surface area contributed by atoms with Crippen molar-refractivity contribution in [2.24, 2.45) is 7.05 Å². The largest absolute Gasteiger partial charge is 0.481 e. The van der Waals surface area contributed by atoms with Gasteiger partial charge in [-0.15, -0.1) is 0 Å². The summed E-state index contributed by atoms with van der Waals surface area (Å²) in [6, 6.07) is 20.7. The van der Waals surface area contributed by atoms with Gasteiger partial charge in [-0.05, 0) is 47.0 Å². The Morgan fingerprint density at radius 3 is 2.38 bits per heavy atom. The SMILES string of the molecule is COc1cc(-c2ccccc2F)c2cc(C(O)(c3ccc(Cl)cc3)c3cncn3C)ccc2n1. The van der Waals surface area contributed by atoms with E-state index in [9.17, 15) is 9.50 Å². The number of methoxy groups -OCH3 is 1. The molecule has 0 aliphatic rings. The number of rotatable bonds is 5. The number of aryl methyl sites for hydroxylation is 1. The maximum atomic E-state index is 14.8. The molecule has 5 rings (SSSR count). The third kappa shape index (κ3) is 3.61. The third-order valence-electron chi connectivity index (χ3n) is 6.03. The fourth-order valence-corrected chi connectivity index (χ4v) is 4.42. The lowest BCUT2D eigenvalue weighted by molar-refractivity contribution is 0.117. The molecule has 0 saturated carbocycles. The van der Waals surface area contributed by atoms with E-state index >= 15 is 0 Å². The molecule has 0 radical (unpaired) electrons. The monoisotopic (exact) mass is 473 g/mol. The summed E-state index contributed by atoms with van der Waals surface area (Å²) in [5.74, 6) is 0.0140. The van der Waals surface area contributed by atoms with Gasteiger partial charge in [0, 0.05) is 29.1 Å². The van der Waals surface area contributed by atoms with Crippen LogP contribution in [-0.2, 0) is 12.6 Å². The van der Waals surface area contributed by atoms with Crippen LogP contribution in [0.5, 0.6) is 5.88 Å². The van der Waals surface area contributed by atoms with E-state index < -0.39 is 5.60 Å². The Hall–Kier alpha value is -3.74. The van der Waals surface area contributed by atoms with Gasteiger partial charge >= 0.3 is 0 Å². The average Bonchev–Trinajstić information content (AvgIpc) is 3.29. The molecule has 0 bridgehead atoms. The zero-order chi connectivity index (χ0) is 23.9. The molecule has 0 aliphatic heterocycles. The summed E-state index contributed by atoms with van der Waals surface area (Å²) in [6.45, 7) is 0. The van der Waals surface area contributed by atoms with E-state index in [2.05, 4.69) is 9.97 Å². The molecule has 2 aromatic heterocycles. The lowest BCUT2D eigenvalue weighted by atomic mass is 9.82. The summed E-state index contributed by atoms with van der Waals surface area (Å²) in [4.78, 5) is 8.75. The smallest absolute Gasteiger partial charge is 0.214 e. The molecule has 0 amide bonds. The van der Waals surface area contributed by atoms with E-state index in [1.807, 2.05) is 19.2 Å². The normalized spacial score (nSPS) is 13.1. The van der Waals surface area contributed by atoms with E-state index in [0.717, 1.165) is 0 Å². The standard InChI is InChI=1S/C27H21ClFN3O2/c1-32-16-30-15-25(32)27(33,17-7-10-19(28)11-8-17)18-9-12-24-22(13-18)21(14-26(31-24)34-2)20-5-3-4-6-23(20)29/h3-16,33H,1-2H3. The van der Waals surface area contributed by atoms with Gasteiger partial charge in [0.1, 0.15) is 5.82 Å². The van der Waals surface area contributed by atoms with Crippen LogP contribution >= 0.6 is 11.6 Å². The molecule has 170 valence electrons. The van der Waals surface area contributed by atoms with Crippen LogP contribution in [0.3, 0.4) is 0 Å². The lowest BCUT2D eigenvalue weighted by Gasteiger charge is -2.30. The molecule has 34 heavy (non-hydrogen) atoms. The molecule has 7 heteroatoms. The van der Waals surface area contributed by atoms with Crippen LogP contribution in [0.15, 0.2) is 85.3 Å². The van der Waals surface area contributed by atoms with Crippen LogP contribution in [0.1, 0.15) is 16.8 Å². The zero-order valence-corrected chi connectivity index (χ0v) is 19.3. The number of hydrogen-bond donors (Lipinski definition) is 1. The quantitative estimate of drug-likeness (QED) is 0.354. The molecule has 1 atom stereocenters. The van der Waals surface area contributed by atoms with Gasteiger partial charge in [0.2, 0.25) is 5.88 Å². The number of halogens is 2. The van der Waals surface area contributed by atoms with Gasteiger partial charge in [-0.1, -0.05) is 48.0 Å². The maximum absolute atomic E-state index is 14.8. The average molecular weight is 474 g/mol. The lowest BCUT2D eigenvalue weighted by Crippen LogP contribution is -2.31. The van der Waals surface area contributed by atoms with Gasteiger partial charge in [-0.3, -0.25) is 0 Å². The van der Waals surface area contributed by atoms with E-state index in [0.29, 0.717) is 49.8 Å². The first-order valence-electron chi connectivity index (χ1n) is 10.6. The van der Waals surface area contributed by atoms with Gasteiger partial charge in [0.15, 0.2) is 5.60 Å². The van der Waals surface area contributed by atoms with Crippen molar-refractivity contribution in [3.63, 3.8) is 0 Å². The van der Waals surface area contributed by atoms with Crippen molar-refractivity contribution < 1.29 is 14.2 Å². The topological polar surface area (TPSA) is 60.2 Å². The molecule has 5 nitrogen and oxygen atoms in total. The molecule has 0 spiro atoms. The van der Waals surface area contributed by atoms with Crippen molar-refractivity contribution in [1.29, 1.82) is 0 Å². The molecule has 2 heterocycles. The number of benzene rings is 3. The zero-order valence-electron chi connectivity index (χ0n) is 18.5. The summed E-state index contributed by atoms with van der Waals surface area (Å²) in [6.07, 6.45) is 3.26. The van der Waals surface area contributed by atoms with Crippen molar-refractivity contribution >= 4 is 22.5 Å². The molecule has 0 aliphatic carbocycles. The summed E-state index contributed by atoms with van der Waals surface area (Å²) in [5, 5.41) is 13.5. The second-order valence-corrected chi connectivity index (χ2v) is 8.47. The molecule has 3 aromatic carbocycles. The van der Waals surface area contributed by atoms with Crippen LogP contribution < -0.4 is 4.74 Å². The van der Waals surface area contributed by atoms with Crippen molar-refractivity contribution in [3.8, 4) is 17.0 Å². The Labute approximate surface area is 201 Å². The summed E-state index contributed by atoms with van der Waals surface area (Å²) >= 11 is 6.12. The number of hydrogen-bond acceptors (Lipinski definition) is 4. The minimum Gasteiger partial charge on any atom is -0.481 e. The number of aliphatic hydroxyl groups is 1. The Balaban J connectivity index is 1.82. The molecule has 1 N–H and O–H groups in total. The highest BCUT2D eigenvalue weighted by molar-refractivity contribution is 6.30. The number of ether oxygens (including phenoxy) is 1. The second-order valence-electron chi connectivity index (χ2n) is 8.03. The fourth-order valence-electron chi connectivity index (χ4n) is 4.29. The predicted octanol–water partition coefficient (Wildman–Crippen LogP) is 5.72. The summed E-state index contributed by atoms with van der Waals surface area (Å²) < 4.78 is 22.0. The predicted molar refractivity (Wildman–Crippen MR) is 130 cm³/mol. The summed E-state index contributed by atoms with van der Waals surface area (Å²) in [5.41, 5.74) is 1.87. The molecule has 0 fully saturated rings. The number of aromatic nitrogens is 3. The van der Waals surface area contributed by atoms with Gasteiger partial charge in [0.25, 0.3) is 0 Å². The molecular formula is C27H21ClFN3O2. The molecular weight excluding hydrogens is 453 g/mol. The van der Waals surface area contributed by atoms with Gasteiger partial charge in [-0.25, -0.2) is 14.4 Å². The van der Waals surface area contributed by atoms with Crippen LogP contribution in [-0.4, -0.2) is 26.8 Å². The number of imidazole rings is 1. The van der Waals surface area contributed by atoms with Gasteiger partial charge < -0.3 is 14.4 Å². The molecule has 0 saturated heterocycles. The fraction of sp³-hybridized carbons (Fsp3) is 0.111. The van der Waals surface area contributed by atoms with Crippen LogP contribution in [0.2, 0.25) is 5.02 Å². The number of pyridine rings is 1. The highest BCUT2D eigenvalue weighted by atomic mass is 35.5. The number of fused-ring (bicyclic) bond motifs is 1.